The molecule has 2 atom stereocenters. The average molecular weight is 513 g/mol. The molecule has 6 heteroatoms. The number of hydrogen-bond donors (Lipinski definition) is 2. The highest BCUT2D eigenvalue weighted by Gasteiger charge is 2.29. The van der Waals surface area contributed by atoms with Crippen LogP contribution < -0.4 is 21.0 Å². The standard InChI is InChI=1S/C31H33N2O3P/c1-24(32-31(34)36-23-26-13-6-3-7-14-26)21-27-15-12-16-28(22-27)25(2)33-37(35,29-17-8-4-9-18-29)30-19-10-5-11-20-30/h3-20,22,24-25H,21,23H2,1-2H3,(H,32,34)(H,33,35)/t24-,25+/m0/s1. The molecule has 0 bridgehead atoms. The zero-order chi connectivity index (χ0) is 26.1. The Morgan fingerprint density at radius 3 is 1.89 bits per heavy atom. The lowest BCUT2D eigenvalue weighted by atomic mass is 10.0. The van der Waals surface area contributed by atoms with Gasteiger partial charge in [0.05, 0.1) is 0 Å². The lowest BCUT2D eigenvalue weighted by Crippen LogP contribution is -2.34. The maximum absolute atomic E-state index is 14.4. The summed E-state index contributed by atoms with van der Waals surface area (Å²) < 4.78 is 19.7. The van der Waals surface area contributed by atoms with Crippen LogP contribution in [0.3, 0.4) is 0 Å². The highest BCUT2D eigenvalue weighted by Crippen LogP contribution is 2.41. The largest absolute Gasteiger partial charge is 0.445 e. The summed E-state index contributed by atoms with van der Waals surface area (Å²) in [5.74, 6) is 0. The molecule has 0 spiro atoms. The first-order valence-corrected chi connectivity index (χ1v) is 14.2. The average Bonchev–Trinajstić information content (AvgIpc) is 2.93. The molecule has 0 aliphatic heterocycles. The molecule has 0 aliphatic rings. The van der Waals surface area contributed by atoms with Crippen LogP contribution in [0.1, 0.15) is 36.6 Å². The van der Waals surface area contributed by atoms with Crippen molar-refractivity contribution in [2.45, 2.75) is 39.0 Å². The van der Waals surface area contributed by atoms with E-state index >= 15 is 0 Å². The zero-order valence-corrected chi connectivity index (χ0v) is 22.1. The van der Waals surface area contributed by atoms with E-state index in [9.17, 15) is 9.36 Å². The number of benzene rings is 4. The maximum atomic E-state index is 14.4. The van der Waals surface area contributed by atoms with Crippen molar-refractivity contribution in [1.29, 1.82) is 0 Å². The number of ether oxygens (including phenoxy) is 1. The van der Waals surface area contributed by atoms with Gasteiger partial charge in [0.1, 0.15) is 6.61 Å². The van der Waals surface area contributed by atoms with Crippen LogP contribution in [0.5, 0.6) is 0 Å². The van der Waals surface area contributed by atoms with Gasteiger partial charge in [-0.05, 0) is 61.2 Å². The van der Waals surface area contributed by atoms with E-state index in [1.54, 1.807) is 0 Å². The molecule has 37 heavy (non-hydrogen) atoms. The molecule has 0 unspecified atom stereocenters. The summed E-state index contributed by atoms with van der Waals surface area (Å²) in [6.45, 7) is 4.22. The summed E-state index contributed by atoms with van der Waals surface area (Å²) in [5, 5.41) is 7.91. The van der Waals surface area contributed by atoms with Crippen LogP contribution in [0.2, 0.25) is 0 Å². The van der Waals surface area contributed by atoms with E-state index in [0.29, 0.717) is 6.42 Å². The summed E-state index contributed by atoms with van der Waals surface area (Å²) in [6, 6.07) is 36.7. The Balaban J connectivity index is 1.41. The van der Waals surface area contributed by atoms with E-state index < -0.39 is 13.4 Å². The minimum Gasteiger partial charge on any atom is -0.445 e. The predicted octanol–water partition coefficient (Wildman–Crippen LogP) is 6.12. The Kier molecular flexibility index (Phi) is 8.95. The predicted molar refractivity (Wildman–Crippen MR) is 151 cm³/mol. The SMILES string of the molecule is C[C@@H](Cc1cccc([C@@H](C)NP(=O)(c2ccccc2)c2ccccc2)c1)NC(=O)OCc1ccccc1. The van der Waals surface area contributed by atoms with E-state index in [1.807, 2.05) is 123 Å². The molecule has 5 nitrogen and oxygen atoms in total. The normalized spacial score (nSPS) is 12.9. The minimum absolute atomic E-state index is 0.110. The van der Waals surface area contributed by atoms with Crippen molar-refractivity contribution < 1.29 is 14.1 Å². The quantitative estimate of drug-likeness (QED) is 0.251. The Bertz CT molecular complexity index is 1290. The Labute approximate surface area is 219 Å². The summed E-state index contributed by atoms with van der Waals surface area (Å²) in [5.41, 5.74) is 3.06. The third-order valence-corrected chi connectivity index (χ3v) is 8.99. The number of carbonyl (C=O) groups is 1. The highest BCUT2D eigenvalue weighted by atomic mass is 31.2. The Morgan fingerprint density at radius 2 is 1.30 bits per heavy atom. The van der Waals surface area contributed by atoms with Crippen molar-refractivity contribution in [3.63, 3.8) is 0 Å². The van der Waals surface area contributed by atoms with Gasteiger partial charge in [-0.3, -0.25) is 9.65 Å². The lowest BCUT2D eigenvalue weighted by Gasteiger charge is -2.25. The van der Waals surface area contributed by atoms with E-state index in [4.69, 9.17) is 4.74 Å². The molecule has 0 aromatic heterocycles. The Hall–Kier alpha value is -3.66. The highest BCUT2D eigenvalue weighted by molar-refractivity contribution is 7.76. The fourth-order valence-electron chi connectivity index (χ4n) is 4.28. The van der Waals surface area contributed by atoms with Gasteiger partial charge in [-0.1, -0.05) is 91.0 Å². The number of hydrogen-bond acceptors (Lipinski definition) is 3. The van der Waals surface area contributed by atoms with Crippen LogP contribution in [-0.4, -0.2) is 12.1 Å². The van der Waals surface area contributed by atoms with Crippen LogP contribution in [0.25, 0.3) is 0 Å². The van der Waals surface area contributed by atoms with E-state index in [0.717, 1.165) is 27.3 Å². The lowest BCUT2D eigenvalue weighted by molar-refractivity contribution is 0.136. The van der Waals surface area contributed by atoms with Crippen LogP contribution in [-0.2, 0) is 22.3 Å². The zero-order valence-electron chi connectivity index (χ0n) is 21.2. The molecule has 4 aromatic rings. The molecule has 4 rings (SSSR count). The summed E-state index contributed by atoms with van der Waals surface area (Å²) >= 11 is 0. The first-order chi connectivity index (χ1) is 17.9. The first-order valence-electron chi connectivity index (χ1n) is 12.5. The van der Waals surface area contributed by atoms with Gasteiger partial charge in [-0.25, -0.2) is 4.79 Å². The monoisotopic (exact) mass is 512 g/mol. The number of rotatable bonds is 10. The van der Waals surface area contributed by atoms with Gasteiger partial charge in [0.25, 0.3) is 0 Å². The van der Waals surface area contributed by atoms with Crippen LogP contribution >= 0.6 is 7.29 Å². The summed E-state index contributed by atoms with van der Waals surface area (Å²) in [4.78, 5) is 12.2. The third-order valence-electron chi connectivity index (χ3n) is 6.18. The second-order valence-electron chi connectivity index (χ2n) is 9.19. The van der Waals surface area contributed by atoms with E-state index in [-0.39, 0.29) is 18.7 Å². The molecule has 0 fully saturated rings. The number of carbonyl (C=O) groups excluding carboxylic acids is 1. The minimum atomic E-state index is -3.06. The molecular formula is C31H33N2O3P. The molecule has 0 radical (unpaired) electrons. The summed E-state index contributed by atoms with van der Waals surface area (Å²) in [6.07, 6.45) is 0.213. The molecule has 0 aliphatic carbocycles. The smallest absolute Gasteiger partial charge is 0.407 e. The topological polar surface area (TPSA) is 67.4 Å². The maximum Gasteiger partial charge on any atom is 0.407 e. The van der Waals surface area contributed by atoms with E-state index in [2.05, 4.69) is 16.5 Å². The number of nitrogens with one attached hydrogen (secondary N) is 2. The van der Waals surface area contributed by atoms with Gasteiger partial charge in [0, 0.05) is 22.7 Å². The molecular weight excluding hydrogens is 479 g/mol. The van der Waals surface area contributed by atoms with Crippen LogP contribution in [0.4, 0.5) is 4.79 Å². The fraction of sp³-hybridized carbons (Fsp3) is 0.194. The molecule has 0 heterocycles. The van der Waals surface area contributed by atoms with Gasteiger partial charge in [0.2, 0.25) is 7.29 Å². The van der Waals surface area contributed by atoms with Crippen molar-refractivity contribution in [1.82, 2.24) is 10.4 Å². The van der Waals surface area contributed by atoms with Crippen molar-refractivity contribution in [2.75, 3.05) is 0 Å². The van der Waals surface area contributed by atoms with E-state index in [1.165, 1.54) is 0 Å². The Morgan fingerprint density at radius 1 is 0.757 bits per heavy atom. The number of amides is 1. The second kappa shape index (κ2) is 12.5. The molecule has 0 saturated carbocycles. The molecule has 190 valence electrons. The molecule has 1 amide bonds. The van der Waals surface area contributed by atoms with Crippen LogP contribution in [0, 0.1) is 0 Å². The van der Waals surface area contributed by atoms with Gasteiger partial charge < -0.3 is 10.1 Å². The second-order valence-corrected chi connectivity index (χ2v) is 11.7. The van der Waals surface area contributed by atoms with Crippen LogP contribution in [0.15, 0.2) is 115 Å². The number of alkyl carbamates (subject to hydrolysis) is 1. The van der Waals surface area contributed by atoms with Crippen molar-refractivity contribution in [3.05, 3.63) is 132 Å². The molecule has 2 N–H and O–H groups in total. The van der Waals surface area contributed by atoms with Crippen molar-refractivity contribution in [2.24, 2.45) is 0 Å². The third kappa shape index (κ3) is 7.19. The first kappa shape index (κ1) is 26.4. The molecule has 0 saturated heterocycles. The van der Waals surface area contributed by atoms with Gasteiger partial charge in [0.15, 0.2) is 0 Å². The van der Waals surface area contributed by atoms with Crippen molar-refractivity contribution >= 4 is 24.0 Å². The fourth-order valence-corrected chi connectivity index (χ4v) is 6.76. The van der Waals surface area contributed by atoms with Gasteiger partial charge in [-0.2, -0.15) is 0 Å². The molecule has 4 aromatic carbocycles. The van der Waals surface area contributed by atoms with Gasteiger partial charge >= 0.3 is 6.09 Å². The van der Waals surface area contributed by atoms with Crippen molar-refractivity contribution in [3.8, 4) is 0 Å². The summed E-state index contributed by atoms with van der Waals surface area (Å²) in [7, 11) is -3.06. The van der Waals surface area contributed by atoms with Gasteiger partial charge in [-0.15, -0.1) is 0 Å².